The molecule has 0 radical (unpaired) electrons. The van der Waals surface area contributed by atoms with Crippen molar-refractivity contribution in [3.8, 4) is 0 Å². The summed E-state index contributed by atoms with van der Waals surface area (Å²) in [4.78, 5) is -0.0183. The number of hydrogen-bond donors (Lipinski definition) is 1. The standard InChI is InChI=1S/C13H19ClN2O5S2/c1-9-4-5-10(14)6-13(9)23(20,21)16(15(2)3)11-7-22(18,19)8-12(11)17/h4-6,11-12,17H,7-8H2,1-3H3/t11-,12-/m0/s1. The van der Waals surface area contributed by atoms with Gasteiger partial charge in [-0.25, -0.2) is 21.8 Å². The van der Waals surface area contributed by atoms with Crippen LogP contribution in [0.25, 0.3) is 0 Å². The average Bonchev–Trinajstić information content (AvgIpc) is 2.65. The second-order valence-corrected chi connectivity index (χ2v) is 10.1. The van der Waals surface area contributed by atoms with E-state index in [0.29, 0.717) is 5.56 Å². The fourth-order valence-corrected chi connectivity index (χ4v) is 6.71. The van der Waals surface area contributed by atoms with Crippen molar-refractivity contribution >= 4 is 31.5 Å². The van der Waals surface area contributed by atoms with Crippen LogP contribution in [-0.2, 0) is 19.9 Å². The fourth-order valence-electron chi connectivity index (χ4n) is 2.66. The quantitative estimate of drug-likeness (QED) is 0.751. The van der Waals surface area contributed by atoms with E-state index in [1.807, 2.05) is 0 Å². The molecular formula is C13H19ClN2O5S2. The molecule has 23 heavy (non-hydrogen) atoms. The molecule has 0 unspecified atom stereocenters. The summed E-state index contributed by atoms with van der Waals surface area (Å²) in [7, 11) is -4.60. The molecule has 0 spiro atoms. The van der Waals surface area contributed by atoms with Crippen LogP contribution in [-0.4, -0.2) is 69.1 Å². The number of hydrazine groups is 1. The molecule has 0 saturated carbocycles. The third-order valence-corrected chi connectivity index (χ3v) is 7.67. The highest BCUT2D eigenvalue weighted by molar-refractivity contribution is 7.92. The lowest BCUT2D eigenvalue weighted by molar-refractivity contribution is 0.0271. The molecule has 1 saturated heterocycles. The van der Waals surface area contributed by atoms with Crippen LogP contribution in [0, 0.1) is 6.92 Å². The van der Waals surface area contributed by atoms with Gasteiger partial charge in [-0.1, -0.05) is 17.7 Å². The number of nitrogens with zero attached hydrogens (tertiary/aromatic N) is 2. The molecule has 130 valence electrons. The topological polar surface area (TPSA) is 95.0 Å². The maximum Gasteiger partial charge on any atom is 0.256 e. The molecule has 0 aliphatic carbocycles. The predicted octanol–water partition coefficient (Wildman–Crippen LogP) is 0.274. The normalized spacial score (nSPS) is 24.5. The molecule has 1 aromatic carbocycles. The fraction of sp³-hybridized carbons (Fsp3) is 0.538. The molecule has 1 aliphatic rings. The van der Waals surface area contributed by atoms with E-state index >= 15 is 0 Å². The molecule has 10 heteroatoms. The van der Waals surface area contributed by atoms with Crippen molar-refractivity contribution in [3.05, 3.63) is 28.8 Å². The molecule has 2 rings (SSSR count). The Morgan fingerprint density at radius 2 is 1.87 bits per heavy atom. The van der Waals surface area contributed by atoms with E-state index < -0.39 is 43.5 Å². The van der Waals surface area contributed by atoms with Crippen molar-refractivity contribution in [1.82, 2.24) is 9.42 Å². The molecule has 7 nitrogen and oxygen atoms in total. The lowest BCUT2D eigenvalue weighted by atomic mass is 10.2. The van der Waals surface area contributed by atoms with Crippen LogP contribution in [0.2, 0.25) is 5.02 Å². The highest BCUT2D eigenvalue weighted by atomic mass is 35.5. The van der Waals surface area contributed by atoms with E-state index in [4.69, 9.17) is 11.6 Å². The van der Waals surface area contributed by atoms with E-state index in [9.17, 15) is 21.9 Å². The highest BCUT2D eigenvalue weighted by Crippen LogP contribution is 2.29. The molecule has 1 aromatic rings. The minimum absolute atomic E-state index is 0.0183. The van der Waals surface area contributed by atoms with Crippen molar-refractivity contribution in [3.63, 3.8) is 0 Å². The van der Waals surface area contributed by atoms with E-state index in [2.05, 4.69) is 0 Å². The molecule has 1 heterocycles. The van der Waals surface area contributed by atoms with Crippen molar-refractivity contribution in [1.29, 1.82) is 0 Å². The summed E-state index contributed by atoms with van der Waals surface area (Å²) >= 11 is 5.90. The van der Waals surface area contributed by atoms with E-state index in [1.54, 1.807) is 19.1 Å². The minimum Gasteiger partial charge on any atom is -0.390 e. The summed E-state index contributed by atoms with van der Waals surface area (Å²) in [6.45, 7) is 1.62. The lowest BCUT2D eigenvalue weighted by Crippen LogP contribution is -2.53. The van der Waals surface area contributed by atoms with E-state index in [-0.39, 0.29) is 9.92 Å². The van der Waals surface area contributed by atoms with Crippen molar-refractivity contribution in [2.24, 2.45) is 0 Å². The molecule has 1 fully saturated rings. The van der Waals surface area contributed by atoms with Crippen molar-refractivity contribution in [2.75, 3.05) is 25.6 Å². The Kier molecular flexibility index (Phi) is 5.10. The average molecular weight is 383 g/mol. The molecule has 2 atom stereocenters. The molecule has 0 bridgehead atoms. The van der Waals surface area contributed by atoms with E-state index in [0.717, 1.165) is 4.41 Å². The second kappa shape index (κ2) is 6.30. The summed E-state index contributed by atoms with van der Waals surface area (Å²) in [6, 6.07) is 3.40. The van der Waals surface area contributed by atoms with Crippen LogP contribution < -0.4 is 0 Å². The van der Waals surface area contributed by atoms with Crippen molar-refractivity contribution < 1.29 is 21.9 Å². The van der Waals surface area contributed by atoms with Gasteiger partial charge in [-0.2, -0.15) is 0 Å². The summed E-state index contributed by atoms with van der Waals surface area (Å²) in [5, 5.41) is 11.6. The lowest BCUT2D eigenvalue weighted by Gasteiger charge is -2.34. The van der Waals surface area contributed by atoms with Crippen LogP contribution in [0.15, 0.2) is 23.1 Å². The van der Waals surface area contributed by atoms with Gasteiger partial charge in [-0.15, -0.1) is 4.41 Å². The number of sulfone groups is 1. The largest absolute Gasteiger partial charge is 0.390 e. The number of aliphatic hydroxyl groups is 1. The summed E-state index contributed by atoms with van der Waals surface area (Å²) in [5.41, 5.74) is 0.483. The third kappa shape index (κ3) is 3.70. The Bertz CT molecular complexity index is 808. The van der Waals surface area contributed by atoms with Gasteiger partial charge < -0.3 is 5.11 Å². The van der Waals surface area contributed by atoms with Gasteiger partial charge in [0.25, 0.3) is 10.0 Å². The van der Waals surface area contributed by atoms with Gasteiger partial charge in [0.05, 0.1) is 28.5 Å². The van der Waals surface area contributed by atoms with Gasteiger partial charge in [0.15, 0.2) is 9.84 Å². The number of sulfonamides is 1. The van der Waals surface area contributed by atoms with Crippen molar-refractivity contribution in [2.45, 2.75) is 24.0 Å². The smallest absolute Gasteiger partial charge is 0.256 e. The molecule has 0 amide bonds. The van der Waals surface area contributed by atoms with Gasteiger partial charge in [0.1, 0.15) is 0 Å². The number of benzene rings is 1. The second-order valence-electron chi connectivity index (χ2n) is 5.75. The Hall–Kier alpha value is -0.710. The number of rotatable bonds is 4. The van der Waals surface area contributed by atoms with Gasteiger partial charge in [-0.3, -0.25) is 0 Å². The first-order valence-corrected chi connectivity index (χ1v) is 10.5. The molecular weight excluding hydrogens is 364 g/mol. The zero-order chi connectivity index (χ0) is 17.6. The Morgan fingerprint density at radius 3 is 2.35 bits per heavy atom. The van der Waals surface area contributed by atoms with Gasteiger partial charge >= 0.3 is 0 Å². The SMILES string of the molecule is Cc1ccc(Cl)cc1S(=O)(=O)N([C@H]1CS(=O)(=O)C[C@@H]1O)N(C)C. The number of aryl methyl sites for hydroxylation is 1. The molecule has 1 aliphatic heterocycles. The van der Waals surface area contributed by atoms with Gasteiger partial charge in [0.2, 0.25) is 0 Å². The first kappa shape index (κ1) is 18.6. The monoisotopic (exact) mass is 382 g/mol. The highest BCUT2D eigenvalue weighted by Gasteiger charge is 2.46. The number of hydrogen-bond acceptors (Lipinski definition) is 6. The predicted molar refractivity (Wildman–Crippen MR) is 87.3 cm³/mol. The minimum atomic E-state index is -4.07. The number of aliphatic hydroxyl groups excluding tert-OH is 1. The van der Waals surface area contributed by atoms with Gasteiger partial charge in [-0.05, 0) is 24.6 Å². The first-order chi connectivity index (χ1) is 10.5. The maximum atomic E-state index is 13.0. The van der Waals surface area contributed by atoms with Crippen LogP contribution in [0.1, 0.15) is 5.56 Å². The van der Waals surface area contributed by atoms with Crippen LogP contribution in [0.4, 0.5) is 0 Å². The zero-order valence-corrected chi connectivity index (χ0v) is 15.4. The first-order valence-electron chi connectivity index (χ1n) is 6.82. The Balaban J connectivity index is 2.55. The maximum absolute atomic E-state index is 13.0. The van der Waals surface area contributed by atoms with E-state index in [1.165, 1.54) is 25.2 Å². The van der Waals surface area contributed by atoms with Crippen LogP contribution >= 0.6 is 11.6 Å². The Labute approximate surface area is 141 Å². The number of halogens is 1. The van der Waals surface area contributed by atoms with Crippen LogP contribution in [0.5, 0.6) is 0 Å². The summed E-state index contributed by atoms with van der Waals surface area (Å²) in [5.74, 6) is -0.878. The van der Waals surface area contributed by atoms with Crippen LogP contribution in [0.3, 0.4) is 0 Å². The molecule has 0 aromatic heterocycles. The zero-order valence-electron chi connectivity index (χ0n) is 13.0. The summed E-state index contributed by atoms with van der Waals surface area (Å²) in [6.07, 6.45) is -1.28. The molecule has 1 N–H and O–H groups in total. The van der Waals surface area contributed by atoms with Gasteiger partial charge in [0, 0.05) is 19.1 Å². The summed E-state index contributed by atoms with van der Waals surface area (Å²) < 4.78 is 50.4. The Morgan fingerprint density at radius 1 is 1.26 bits per heavy atom. The third-order valence-electron chi connectivity index (χ3n) is 3.65.